The molecule has 6 heteroatoms. The molecule has 0 heterocycles. The second-order valence-corrected chi connectivity index (χ2v) is 21.6. The Morgan fingerprint density at radius 1 is 0.266 bits per heavy atom. The second kappa shape index (κ2) is 66.3. The molecule has 0 aliphatic rings. The van der Waals surface area contributed by atoms with Gasteiger partial charge in [0.15, 0.2) is 6.10 Å². The minimum Gasteiger partial charge on any atom is -0.462 e. The summed E-state index contributed by atoms with van der Waals surface area (Å²) in [4.78, 5) is 38.3. The molecule has 0 aromatic heterocycles. The highest BCUT2D eigenvalue weighted by atomic mass is 16.6. The largest absolute Gasteiger partial charge is 0.462 e. The maximum absolute atomic E-state index is 12.9. The van der Waals surface area contributed by atoms with Crippen molar-refractivity contribution in [1.82, 2.24) is 0 Å². The van der Waals surface area contributed by atoms with Gasteiger partial charge in [0, 0.05) is 19.3 Å². The summed E-state index contributed by atoms with van der Waals surface area (Å²) in [6.45, 7) is 6.37. The van der Waals surface area contributed by atoms with Gasteiger partial charge in [0.25, 0.3) is 0 Å². The van der Waals surface area contributed by atoms with Gasteiger partial charge in [-0.15, -0.1) is 0 Å². The lowest BCUT2D eigenvalue weighted by molar-refractivity contribution is -0.167. The number of hydrogen-bond donors (Lipinski definition) is 0. The summed E-state index contributed by atoms with van der Waals surface area (Å²) in [6, 6.07) is 0. The molecule has 79 heavy (non-hydrogen) atoms. The van der Waals surface area contributed by atoms with Crippen LogP contribution in [0.25, 0.3) is 0 Å². The van der Waals surface area contributed by atoms with E-state index in [-0.39, 0.29) is 37.5 Å². The minimum atomic E-state index is -0.822. The minimum absolute atomic E-state index is 0.110. The Morgan fingerprint density at radius 3 is 0.823 bits per heavy atom. The van der Waals surface area contributed by atoms with Crippen LogP contribution in [0.1, 0.15) is 303 Å². The Morgan fingerprint density at radius 2 is 0.506 bits per heavy atom. The lowest BCUT2D eigenvalue weighted by Crippen LogP contribution is -2.30. The van der Waals surface area contributed by atoms with Crippen LogP contribution >= 0.6 is 0 Å². The van der Waals surface area contributed by atoms with E-state index in [0.29, 0.717) is 19.3 Å². The molecule has 0 N–H and O–H groups in total. The molecule has 0 aromatic carbocycles. The normalized spacial score (nSPS) is 12.9. The number of rotatable bonds is 59. The van der Waals surface area contributed by atoms with Gasteiger partial charge in [-0.25, -0.2) is 0 Å². The number of esters is 3. The molecule has 0 saturated carbocycles. The quantitative estimate of drug-likeness (QED) is 0.0261. The number of ether oxygens (including phenoxy) is 3. The second-order valence-electron chi connectivity index (χ2n) is 21.6. The van der Waals surface area contributed by atoms with Gasteiger partial charge in [-0.2, -0.15) is 0 Å². The topological polar surface area (TPSA) is 78.9 Å². The summed E-state index contributed by atoms with van der Waals surface area (Å²) in [5.74, 6) is -0.988. The monoisotopic (exact) mass is 1090 g/mol. The number of allylic oxidation sites excluding steroid dienone is 20. The predicted octanol–water partition coefficient (Wildman–Crippen LogP) is 22.8. The van der Waals surface area contributed by atoms with Crippen LogP contribution in [0.15, 0.2) is 122 Å². The van der Waals surface area contributed by atoms with E-state index >= 15 is 0 Å². The Kier molecular flexibility index (Phi) is 62.8. The van der Waals surface area contributed by atoms with E-state index < -0.39 is 6.10 Å². The molecule has 1 unspecified atom stereocenters. The molecule has 0 rings (SSSR count). The molecule has 0 aliphatic heterocycles. The van der Waals surface area contributed by atoms with Gasteiger partial charge in [0.2, 0.25) is 0 Å². The predicted molar refractivity (Wildman–Crippen MR) is 343 cm³/mol. The number of unbranched alkanes of at least 4 members (excludes halogenated alkanes) is 28. The van der Waals surface area contributed by atoms with E-state index in [1.807, 2.05) is 0 Å². The van der Waals surface area contributed by atoms with Crippen molar-refractivity contribution >= 4 is 17.9 Å². The highest BCUT2D eigenvalue weighted by Crippen LogP contribution is 2.16. The summed E-state index contributed by atoms with van der Waals surface area (Å²) < 4.78 is 16.9. The number of carbonyl (C=O) groups is 3. The summed E-state index contributed by atoms with van der Waals surface area (Å²) in [7, 11) is 0. The molecule has 0 saturated heterocycles. The highest BCUT2D eigenvalue weighted by molar-refractivity contribution is 5.71. The molecule has 0 amide bonds. The smallest absolute Gasteiger partial charge is 0.306 e. The Hall–Kier alpha value is -4.19. The van der Waals surface area contributed by atoms with Gasteiger partial charge in [-0.1, -0.05) is 284 Å². The molecular weight excluding hydrogens is 973 g/mol. The number of hydrogen-bond acceptors (Lipinski definition) is 6. The van der Waals surface area contributed by atoms with Gasteiger partial charge in [0.1, 0.15) is 13.2 Å². The van der Waals surface area contributed by atoms with Gasteiger partial charge >= 0.3 is 17.9 Å². The first-order valence-electron chi connectivity index (χ1n) is 33.0. The first-order valence-corrected chi connectivity index (χ1v) is 33.0. The zero-order chi connectivity index (χ0) is 57.1. The molecule has 450 valence electrons. The van der Waals surface area contributed by atoms with E-state index in [2.05, 4.69) is 142 Å². The van der Waals surface area contributed by atoms with Gasteiger partial charge in [0.05, 0.1) is 0 Å². The van der Waals surface area contributed by atoms with E-state index in [9.17, 15) is 14.4 Å². The lowest BCUT2D eigenvalue weighted by atomic mass is 10.0. The average molecular weight is 1100 g/mol. The first-order chi connectivity index (χ1) is 39.0. The fourth-order valence-electron chi connectivity index (χ4n) is 9.05. The molecule has 0 fully saturated rings. The maximum atomic E-state index is 12.9. The van der Waals surface area contributed by atoms with Crippen LogP contribution in [0.5, 0.6) is 0 Å². The van der Waals surface area contributed by atoms with Crippen molar-refractivity contribution in [3.63, 3.8) is 0 Å². The lowest BCUT2D eigenvalue weighted by Gasteiger charge is -2.18. The first kappa shape index (κ1) is 74.8. The molecule has 6 nitrogen and oxygen atoms in total. The van der Waals surface area contributed by atoms with Crippen LogP contribution in [0.4, 0.5) is 0 Å². The Labute approximate surface area is 488 Å². The molecule has 0 spiro atoms. The van der Waals surface area contributed by atoms with Crippen molar-refractivity contribution in [2.24, 2.45) is 0 Å². The van der Waals surface area contributed by atoms with Crippen molar-refractivity contribution in [3.8, 4) is 0 Å². The van der Waals surface area contributed by atoms with Crippen LogP contribution in [0.2, 0.25) is 0 Å². The summed E-state index contributed by atoms with van der Waals surface area (Å²) in [5, 5.41) is 0. The molecular formula is C73H122O6. The summed E-state index contributed by atoms with van der Waals surface area (Å²) in [6.07, 6.45) is 92.3. The zero-order valence-electron chi connectivity index (χ0n) is 51.6. The van der Waals surface area contributed by atoms with Crippen molar-refractivity contribution in [3.05, 3.63) is 122 Å². The maximum Gasteiger partial charge on any atom is 0.306 e. The Balaban J connectivity index is 4.38. The van der Waals surface area contributed by atoms with Crippen molar-refractivity contribution < 1.29 is 28.6 Å². The molecule has 0 aliphatic carbocycles. The third kappa shape index (κ3) is 64.5. The third-order valence-electron chi connectivity index (χ3n) is 13.9. The number of carbonyl (C=O) groups excluding carboxylic acids is 3. The zero-order valence-corrected chi connectivity index (χ0v) is 51.6. The van der Waals surface area contributed by atoms with Crippen LogP contribution in [-0.4, -0.2) is 37.2 Å². The van der Waals surface area contributed by atoms with Gasteiger partial charge in [-0.05, 0) is 122 Å². The van der Waals surface area contributed by atoms with Gasteiger partial charge in [-0.3, -0.25) is 14.4 Å². The molecule has 0 aromatic rings. The highest BCUT2D eigenvalue weighted by Gasteiger charge is 2.19. The van der Waals surface area contributed by atoms with Crippen LogP contribution < -0.4 is 0 Å². The summed E-state index contributed by atoms with van der Waals surface area (Å²) >= 11 is 0. The van der Waals surface area contributed by atoms with Crippen molar-refractivity contribution in [2.45, 2.75) is 309 Å². The van der Waals surface area contributed by atoms with Crippen LogP contribution in [-0.2, 0) is 28.6 Å². The standard InChI is InChI=1S/C73H122O6/c1-4-7-10-13-16-19-22-25-28-31-32-33-34-35-36-37-38-39-40-43-45-48-51-54-57-60-63-66-72(75)78-69-70(79-73(76)67-64-61-58-55-52-49-46-42-30-27-24-21-18-15-12-9-6-3)68-77-71(74)65-62-59-56-53-50-47-44-41-29-26-23-20-17-14-11-8-5-2/h8-9,11-12,17-18,20-21,26-27,29-32,44,46-47,49,55,58,70H,4-7,10,13-16,19,22-25,28,33-43,45,48,50-54,56-57,59-69H2,1-3H3/b11-8-,12-9-,20-17-,21-18-,29-26-,30-27-,32-31-,47-44-,49-46-,58-55-. The van der Waals surface area contributed by atoms with E-state index in [4.69, 9.17) is 14.2 Å². The van der Waals surface area contributed by atoms with Crippen molar-refractivity contribution in [1.29, 1.82) is 0 Å². The average Bonchev–Trinajstić information content (AvgIpc) is 3.45. The molecule has 0 radical (unpaired) electrons. The van der Waals surface area contributed by atoms with Crippen LogP contribution in [0, 0.1) is 0 Å². The summed E-state index contributed by atoms with van der Waals surface area (Å²) in [5.41, 5.74) is 0. The fraction of sp³-hybridized carbons (Fsp3) is 0.685. The van der Waals surface area contributed by atoms with Crippen LogP contribution in [0.3, 0.4) is 0 Å². The van der Waals surface area contributed by atoms with E-state index in [0.717, 1.165) is 116 Å². The SMILES string of the molecule is CC/C=C\C/C=C\C/C=C\C/C=C\C/C=C\CCCC(=O)OC(COC(=O)CCCCCC/C=C\C/C=C\C/C=C\C/C=C\CC)COC(=O)CCCCCCCCCCCCCCCCC/C=C\CCCCCCCCCC. The van der Waals surface area contributed by atoms with E-state index in [1.165, 1.54) is 141 Å². The third-order valence-corrected chi connectivity index (χ3v) is 13.9. The molecule has 1 atom stereocenters. The van der Waals surface area contributed by atoms with Crippen molar-refractivity contribution in [2.75, 3.05) is 13.2 Å². The van der Waals surface area contributed by atoms with E-state index in [1.54, 1.807) is 0 Å². The Bertz CT molecular complexity index is 1640. The fourth-order valence-corrected chi connectivity index (χ4v) is 9.05. The van der Waals surface area contributed by atoms with Gasteiger partial charge < -0.3 is 14.2 Å². The molecule has 0 bridgehead atoms.